The minimum atomic E-state index is -0.0747. The number of carbonyl (C=O) groups excluding carboxylic acids is 1. The highest BCUT2D eigenvalue weighted by Gasteiger charge is 2.52. The van der Waals surface area contributed by atoms with Crippen molar-refractivity contribution in [2.24, 2.45) is 11.8 Å². The Morgan fingerprint density at radius 2 is 2.38 bits per heavy atom. The summed E-state index contributed by atoms with van der Waals surface area (Å²) >= 11 is 0. The van der Waals surface area contributed by atoms with E-state index in [-0.39, 0.29) is 11.6 Å². The highest BCUT2D eigenvalue weighted by atomic mass is 16.6. The van der Waals surface area contributed by atoms with Gasteiger partial charge in [0.15, 0.2) is 0 Å². The molecule has 3 unspecified atom stereocenters. The second-order valence-corrected chi connectivity index (χ2v) is 4.58. The third-order valence-electron chi connectivity index (χ3n) is 3.75. The van der Waals surface area contributed by atoms with E-state index in [1.54, 1.807) is 0 Å². The molecule has 1 heterocycles. The molecule has 3 rings (SSSR count). The highest BCUT2D eigenvalue weighted by Crippen LogP contribution is 2.52. The molecule has 1 saturated heterocycles. The lowest BCUT2D eigenvalue weighted by Gasteiger charge is -2.38. The molecule has 2 heteroatoms. The third-order valence-corrected chi connectivity index (χ3v) is 3.75. The first-order valence-electron chi connectivity index (χ1n) is 5.19. The maximum Gasteiger partial charge on any atom is 0.306 e. The van der Waals surface area contributed by atoms with E-state index in [2.05, 4.69) is 12.2 Å². The lowest BCUT2D eigenvalue weighted by molar-refractivity contribution is -0.170. The van der Waals surface area contributed by atoms with Crippen LogP contribution < -0.4 is 0 Å². The summed E-state index contributed by atoms with van der Waals surface area (Å²) in [6, 6.07) is 0. The smallest absolute Gasteiger partial charge is 0.306 e. The van der Waals surface area contributed by atoms with Gasteiger partial charge in [-0.15, -0.1) is 0 Å². The number of allylic oxidation sites excluding steroid dienone is 1. The number of hydrogen-bond donors (Lipinski definition) is 0. The zero-order valence-electron chi connectivity index (χ0n) is 7.66. The number of hydrogen-bond acceptors (Lipinski definition) is 2. The average molecular weight is 178 g/mol. The molecule has 3 aliphatic rings. The Morgan fingerprint density at radius 1 is 1.46 bits per heavy atom. The van der Waals surface area contributed by atoms with Crippen molar-refractivity contribution in [1.29, 1.82) is 0 Å². The van der Waals surface area contributed by atoms with E-state index in [1.165, 1.54) is 6.42 Å². The number of rotatable bonds is 0. The molecule has 1 saturated carbocycles. The van der Waals surface area contributed by atoms with Crippen molar-refractivity contribution in [2.45, 2.75) is 37.7 Å². The molecular formula is C11H14O2. The van der Waals surface area contributed by atoms with Crippen LogP contribution in [0.3, 0.4) is 0 Å². The molecule has 0 N–H and O–H groups in total. The van der Waals surface area contributed by atoms with Crippen molar-refractivity contribution in [3.05, 3.63) is 12.2 Å². The van der Waals surface area contributed by atoms with Crippen molar-refractivity contribution in [3.8, 4) is 0 Å². The van der Waals surface area contributed by atoms with Crippen LogP contribution in [0.25, 0.3) is 0 Å². The molecule has 2 nitrogen and oxygen atoms in total. The number of carbonyl (C=O) groups is 1. The van der Waals surface area contributed by atoms with Gasteiger partial charge >= 0.3 is 5.97 Å². The van der Waals surface area contributed by atoms with Gasteiger partial charge in [-0.05, 0) is 31.6 Å². The van der Waals surface area contributed by atoms with Gasteiger partial charge in [0.2, 0.25) is 0 Å². The van der Waals surface area contributed by atoms with E-state index in [9.17, 15) is 4.79 Å². The first-order valence-corrected chi connectivity index (χ1v) is 5.19. The van der Waals surface area contributed by atoms with Gasteiger partial charge in [0.05, 0.1) is 0 Å². The zero-order valence-corrected chi connectivity index (χ0v) is 7.66. The maximum atomic E-state index is 11.3. The van der Waals surface area contributed by atoms with Crippen LogP contribution in [0.15, 0.2) is 12.2 Å². The van der Waals surface area contributed by atoms with Crippen LogP contribution in [-0.4, -0.2) is 11.6 Å². The molecule has 1 aliphatic heterocycles. The molecular weight excluding hydrogens is 164 g/mol. The third kappa shape index (κ3) is 0.976. The minimum absolute atomic E-state index is 0.0206. The van der Waals surface area contributed by atoms with Crippen LogP contribution in [0.2, 0.25) is 0 Å². The van der Waals surface area contributed by atoms with Crippen molar-refractivity contribution in [1.82, 2.24) is 0 Å². The quantitative estimate of drug-likeness (QED) is 0.419. The van der Waals surface area contributed by atoms with Crippen LogP contribution in [0.4, 0.5) is 0 Å². The van der Waals surface area contributed by atoms with Gasteiger partial charge in [-0.25, -0.2) is 0 Å². The van der Waals surface area contributed by atoms with Crippen LogP contribution in [-0.2, 0) is 9.53 Å². The molecule has 0 radical (unpaired) electrons. The van der Waals surface area contributed by atoms with Gasteiger partial charge in [-0.3, -0.25) is 4.79 Å². The Labute approximate surface area is 78.0 Å². The Kier molecular flexibility index (Phi) is 1.38. The molecule has 0 aromatic heterocycles. The second-order valence-electron chi connectivity index (χ2n) is 4.58. The molecule has 70 valence electrons. The van der Waals surface area contributed by atoms with Crippen LogP contribution in [0.5, 0.6) is 0 Å². The van der Waals surface area contributed by atoms with Gasteiger partial charge in [0.25, 0.3) is 0 Å². The normalized spacial score (nSPS) is 47.2. The summed E-state index contributed by atoms with van der Waals surface area (Å²) in [5.41, 5.74) is -0.0747. The standard InChI is InChI=1S/C11H14O2/c12-10-2-1-5-11(13-10)7-8-3-4-9(11)6-8/h3-4,8-9H,1-2,5-7H2. The van der Waals surface area contributed by atoms with E-state index in [0.717, 1.165) is 19.3 Å². The maximum absolute atomic E-state index is 11.3. The summed E-state index contributed by atoms with van der Waals surface area (Å²) in [5.74, 6) is 1.24. The summed E-state index contributed by atoms with van der Waals surface area (Å²) in [4.78, 5) is 11.3. The zero-order chi connectivity index (χ0) is 8.89. The average Bonchev–Trinajstić information content (AvgIpc) is 2.63. The van der Waals surface area contributed by atoms with Gasteiger partial charge in [-0.2, -0.15) is 0 Å². The topological polar surface area (TPSA) is 26.3 Å². The Hall–Kier alpha value is -0.790. The summed E-state index contributed by atoms with van der Waals surface area (Å²) in [6.07, 6.45) is 9.58. The van der Waals surface area contributed by atoms with Crippen molar-refractivity contribution >= 4 is 5.97 Å². The fraction of sp³-hybridized carbons (Fsp3) is 0.727. The molecule has 2 fully saturated rings. The SMILES string of the molecule is O=C1CCCC2(CC3C=CC2C3)O1. The molecule has 3 atom stereocenters. The molecule has 1 spiro atoms. The Morgan fingerprint density at radius 3 is 3.00 bits per heavy atom. The van der Waals surface area contributed by atoms with Crippen molar-refractivity contribution < 1.29 is 9.53 Å². The number of esters is 1. The monoisotopic (exact) mass is 178 g/mol. The van der Waals surface area contributed by atoms with Gasteiger partial charge in [0, 0.05) is 12.3 Å². The van der Waals surface area contributed by atoms with Gasteiger partial charge in [0.1, 0.15) is 5.60 Å². The molecule has 0 amide bonds. The first kappa shape index (κ1) is 7.60. The largest absolute Gasteiger partial charge is 0.458 e. The van der Waals surface area contributed by atoms with E-state index < -0.39 is 0 Å². The predicted octanol–water partition coefficient (Wildman–Crippen LogP) is 2.05. The van der Waals surface area contributed by atoms with Gasteiger partial charge < -0.3 is 4.74 Å². The summed E-state index contributed by atoms with van der Waals surface area (Å²) < 4.78 is 5.58. The minimum Gasteiger partial charge on any atom is -0.458 e. The molecule has 2 aliphatic carbocycles. The fourth-order valence-electron chi connectivity index (χ4n) is 3.18. The lowest BCUT2D eigenvalue weighted by atomic mass is 9.82. The fourth-order valence-corrected chi connectivity index (χ4v) is 3.18. The van der Waals surface area contributed by atoms with E-state index in [0.29, 0.717) is 18.3 Å². The van der Waals surface area contributed by atoms with Crippen molar-refractivity contribution in [3.63, 3.8) is 0 Å². The van der Waals surface area contributed by atoms with Gasteiger partial charge in [-0.1, -0.05) is 12.2 Å². The van der Waals surface area contributed by atoms with Crippen LogP contribution in [0.1, 0.15) is 32.1 Å². The van der Waals surface area contributed by atoms with Crippen LogP contribution >= 0.6 is 0 Å². The number of fused-ring (bicyclic) bond motifs is 3. The summed E-state index contributed by atoms with van der Waals surface area (Å²) in [7, 11) is 0. The first-order chi connectivity index (χ1) is 6.28. The van der Waals surface area contributed by atoms with E-state index >= 15 is 0 Å². The summed E-state index contributed by atoms with van der Waals surface area (Å²) in [5, 5.41) is 0. The lowest BCUT2D eigenvalue weighted by Crippen LogP contribution is -2.42. The van der Waals surface area contributed by atoms with Crippen LogP contribution in [0, 0.1) is 11.8 Å². The van der Waals surface area contributed by atoms with E-state index in [1.807, 2.05) is 0 Å². The number of ether oxygens (including phenoxy) is 1. The highest BCUT2D eigenvalue weighted by molar-refractivity contribution is 5.71. The molecule has 2 bridgehead atoms. The summed E-state index contributed by atoms with van der Waals surface area (Å²) in [6.45, 7) is 0. The second kappa shape index (κ2) is 2.37. The Balaban J connectivity index is 1.89. The van der Waals surface area contributed by atoms with E-state index in [4.69, 9.17) is 4.74 Å². The van der Waals surface area contributed by atoms with Crippen molar-refractivity contribution in [2.75, 3.05) is 0 Å². The molecule has 0 aromatic carbocycles. The predicted molar refractivity (Wildman–Crippen MR) is 48.0 cm³/mol. The Bertz CT molecular complexity index is 282. The molecule has 13 heavy (non-hydrogen) atoms. The molecule has 0 aromatic rings.